The minimum Gasteiger partial charge on any atom is -0.480 e. The molecule has 2 aliphatic rings. The van der Waals surface area contributed by atoms with Gasteiger partial charge in [-0.3, -0.25) is 4.79 Å². The summed E-state index contributed by atoms with van der Waals surface area (Å²) in [6.07, 6.45) is 4.43. The van der Waals surface area contributed by atoms with E-state index in [-0.39, 0.29) is 18.4 Å². The number of carboxylic acids is 1. The van der Waals surface area contributed by atoms with Gasteiger partial charge < -0.3 is 15.2 Å². The van der Waals surface area contributed by atoms with Crippen LogP contribution in [0.15, 0.2) is 0 Å². The molecule has 0 aromatic rings. The van der Waals surface area contributed by atoms with E-state index in [2.05, 4.69) is 5.32 Å². The summed E-state index contributed by atoms with van der Waals surface area (Å²) in [7, 11) is 1.43. The van der Waals surface area contributed by atoms with Gasteiger partial charge in [0.25, 0.3) is 0 Å². The van der Waals surface area contributed by atoms with Crippen molar-refractivity contribution in [3.05, 3.63) is 0 Å². The van der Waals surface area contributed by atoms with Gasteiger partial charge in [-0.1, -0.05) is 0 Å². The number of carbonyl (C=O) groups is 2. The van der Waals surface area contributed by atoms with E-state index < -0.39 is 12.0 Å². The Bertz CT molecular complexity index is 298. The van der Waals surface area contributed by atoms with E-state index in [0.717, 1.165) is 25.7 Å². The lowest BCUT2D eigenvalue weighted by atomic mass is 9.96. The van der Waals surface area contributed by atoms with Crippen LogP contribution in [0.5, 0.6) is 0 Å². The number of carboxylic acid groups (broad SMARTS) is 1. The maximum absolute atomic E-state index is 12.1. The molecule has 1 unspecified atom stereocenters. The van der Waals surface area contributed by atoms with Gasteiger partial charge in [-0.15, -0.1) is 0 Å². The van der Waals surface area contributed by atoms with Crippen molar-refractivity contribution in [3.63, 3.8) is 0 Å². The Hall–Kier alpha value is -1.10. The van der Waals surface area contributed by atoms with Crippen molar-refractivity contribution in [3.8, 4) is 0 Å². The standard InChI is InChI=1S/C12H19NO4/c1-17-6-9(12(15)16)13-11(14)10(7-2-3-7)8-4-5-8/h7-10H,2-6H2,1H3,(H,13,14)(H,15,16). The number of aliphatic carboxylic acids is 1. The maximum Gasteiger partial charge on any atom is 0.328 e. The molecule has 0 spiro atoms. The van der Waals surface area contributed by atoms with Crippen LogP contribution in [0.1, 0.15) is 25.7 Å². The van der Waals surface area contributed by atoms with Crippen LogP contribution in [-0.2, 0) is 14.3 Å². The fraction of sp³-hybridized carbons (Fsp3) is 0.833. The van der Waals surface area contributed by atoms with Crippen LogP contribution in [0, 0.1) is 17.8 Å². The van der Waals surface area contributed by atoms with E-state index in [9.17, 15) is 9.59 Å². The molecule has 17 heavy (non-hydrogen) atoms. The van der Waals surface area contributed by atoms with Crippen molar-refractivity contribution in [1.82, 2.24) is 5.32 Å². The zero-order chi connectivity index (χ0) is 12.4. The van der Waals surface area contributed by atoms with Gasteiger partial charge in [0.05, 0.1) is 6.61 Å². The molecule has 2 fully saturated rings. The van der Waals surface area contributed by atoms with Crippen molar-refractivity contribution < 1.29 is 19.4 Å². The first-order valence-electron chi connectivity index (χ1n) is 6.15. The van der Waals surface area contributed by atoms with Crippen LogP contribution in [-0.4, -0.2) is 36.7 Å². The van der Waals surface area contributed by atoms with Crippen LogP contribution in [0.2, 0.25) is 0 Å². The lowest BCUT2D eigenvalue weighted by molar-refractivity contribution is -0.144. The molecule has 0 heterocycles. The highest BCUT2D eigenvalue weighted by Gasteiger charge is 2.46. The van der Waals surface area contributed by atoms with Gasteiger partial charge in [0.2, 0.25) is 5.91 Å². The number of ether oxygens (including phenoxy) is 1. The van der Waals surface area contributed by atoms with E-state index in [0.29, 0.717) is 11.8 Å². The second-order valence-corrected chi connectivity index (χ2v) is 5.06. The number of nitrogens with one attached hydrogen (secondary N) is 1. The molecule has 0 saturated heterocycles. The molecule has 5 nitrogen and oxygen atoms in total. The van der Waals surface area contributed by atoms with Gasteiger partial charge in [-0.25, -0.2) is 4.79 Å². The number of methoxy groups -OCH3 is 1. The third-order valence-corrected chi connectivity index (χ3v) is 3.51. The molecule has 0 aromatic carbocycles. The van der Waals surface area contributed by atoms with Gasteiger partial charge in [0, 0.05) is 13.0 Å². The number of rotatable bonds is 7. The molecular formula is C12H19NO4. The van der Waals surface area contributed by atoms with Gasteiger partial charge in [0.1, 0.15) is 0 Å². The highest BCUT2D eigenvalue weighted by molar-refractivity contribution is 5.85. The Kier molecular flexibility index (Phi) is 3.66. The maximum atomic E-state index is 12.1. The van der Waals surface area contributed by atoms with Crippen LogP contribution in [0.3, 0.4) is 0 Å². The Labute approximate surface area is 101 Å². The normalized spacial score (nSPS) is 21.3. The number of hydrogen-bond donors (Lipinski definition) is 2. The Morgan fingerprint density at radius 3 is 2.18 bits per heavy atom. The van der Waals surface area contributed by atoms with Gasteiger partial charge in [-0.05, 0) is 37.5 Å². The molecule has 0 radical (unpaired) electrons. The molecule has 5 heteroatoms. The molecule has 2 rings (SSSR count). The third-order valence-electron chi connectivity index (χ3n) is 3.51. The summed E-state index contributed by atoms with van der Waals surface area (Å²) < 4.78 is 4.80. The largest absolute Gasteiger partial charge is 0.480 e. The molecule has 0 bridgehead atoms. The molecular weight excluding hydrogens is 222 g/mol. The van der Waals surface area contributed by atoms with Crippen LogP contribution in [0.4, 0.5) is 0 Å². The van der Waals surface area contributed by atoms with Gasteiger partial charge in [-0.2, -0.15) is 0 Å². The molecule has 2 N–H and O–H groups in total. The highest BCUT2D eigenvalue weighted by atomic mass is 16.5. The first kappa shape index (κ1) is 12.4. The third kappa shape index (κ3) is 3.19. The fourth-order valence-electron chi connectivity index (χ4n) is 2.33. The minimum absolute atomic E-state index is 0.0170. The summed E-state index contributed by atoms with van der Waals surface area (Å²) in [5.74, 6) is -0.127. The number of carbonyl (C=O) groups excluding carboxylic acids is 1. The molecule has 0 aliphatic heterocycles. The number of amides is 1. The summed E-state index contributed by atoms with van der Waals surface area (Å²) in [5, 5.41) is 11.5. The van der Waals surface area contributed by atoms with Crippen molar-refractivity contribution in [1.29, 1.82) is 0 Å². The molecule has 1 amide bonds. The Morgan fingerprint density at radius 1 is 1.29 bits per heavy atom. The first-order chi connectivity index (χ1) is 8.13. The van der Waals surface area contributed by atoms with E-state index >= 15 is 0 Å². The summed E-state index contributed by atoms with van der Waals surface area (Å²) in [6, 6.07) is -0.924. The zero-order valence-electron chi connectivity index (χ0n) is 10.0. The van der Waals surface area contributed by atoms with E-state index in [1.807, 2.05) is 0 Å². The van der Waals surface area contributed by atoms with Crippen molar-refractivity contribution in [2.75, 3.05) is 13.7 Å². The summed E-state index contributed by atoms with van der Waals surface area (Å²) in [4.78, 5) is 23.0. The lowest BCUT2D eigenvalue weighted by Gasteiger charge is -2.19. The summed E-state index contributed by atoms with van der Waals surface area (Å²) >= 11 is 0. The molecule has 0 aromatic heterocycles. The van der Waals surface area contributed by atoms with Crippen molar-refractivity contribution in [2.45, 2.75) is 31.7 Å². The monoisotopic (exact) mass is 241 g/mol. The fourth-order valence-corrected chi connectivity index (χ4v) is 2.33. The Balaban J connectivity index is 1.90. The van der Waals surface area contributed by atoms with Crippen LogP contribution >= 0.6 is 0 Å². The minimum atomic E-state index is -1.04. The average Bonchev–Trinajstić information content (AvgIpc) is 3.11. The SMILES string of the molecule is COCC(NC(=O)C(C1CC1)C1CC1)C(=O)O. The first-order valence-corrected chi connectivity index (χ1v) is 6.15. The zero-order valence-corrected chi connectivity index (χ0v) is 10.0. The second kappa shape index (κ2) is 5.04. The van der Waals surface area contributed by atoms with E-state index in [4.69, 9.17) is 9.84 Å². The van der Waals surface area contributed by atoms with E-state index in [1.165, 1.54) is 7.11 Å². The summed E-state index contributed by atoms with van der Waals surface area (Å²) in [6.45, 7) is 0.0170. The quantitative estimate of drug-likeness (QED) is 0.685. The molecule has 2 aliphatic carbocycles. The smallest absolute Gasteiger partial charge is 0.328 e. The van der Waals surface area contributed by atoms with Gasteiger partial charge in [0.15, 0.2) is 6.04 Å². The predicted octanol–water partition coefficient (Wildman–Crippen LogP) is 0.638. The topological polar surface area (TPSA) is 75.6 Å². The number of hydrogen-bond acceptors (Lipinski definition) is 3. The average molecular weight is 241 g/mol. The highest BCUT2D eigenvalue weighted by Crippen LogP contribution is 2.49. The van der Waals surface area contributed by atoms with E-state index in [1.54, 1.807) is 0 Å². The Morgan fingerprint density at radius 2 is 1.82 bits per heavy atom. The van der Waals surface area contributed by atoms with Crippen molar-refractivity contribution in [2.24, 2.45) is 17.8 Å². The summed E-state index contributed by atoms with van der Waals surface area (Å²) in [5.41, 5.74) is 0. The van der Waals surface area contributed by atoms with Gasteiger partial charge >= 0.3 is 5.97 Å². The predicted molar refractivity (Wildman–Crippen MR) is 60.4 cm³/mol. The molecule has 1 atom stereocenters. The van der Waals surface area contributed by atoms with Crippen molar-refractivity contribution >= 4 is 11.9 Å². The van der Waals surface area contributed by atoms with Crippen LogP contribution < -0.4 is 5.32 Å². The molecule has 2 saturated carbocycles. The second-order valence-electron chi connectivity index (χ2n) is 5.06. The van der Waals surface area contributed by atoms with Crippen LogP contribution in [0.25, 0.3) is 0 Å². The lowest BCUT2D eigenvalue weighted by Crippen LogP contribution is -2.47. The molecule has 96 valence electrons.